The van der Waals surface area contributed by atoms with Crippen molar-refractivity contribution < 1.29 is 43.4 Å². The minimum Gasteiger partial charge on any atom is -0.394 e. The number of methoxy groups -OCH3 is 2. The van der Waals surface area contributed by atoms with Crippen LogP contribution in [0.15, 0.2) is 12.2 Å². The molecule has 3 aliphatic heterocycles. The Kier molecular flexibility index (Phi) is 7.84. The number of aliphatic hydroxyl groups excluding tert-OH is 2. The third-order valence-electron chi connectivity index (χ3n) is 7.51. The normalized spacial score (nSPS) is 42.9. The van der Waals surface area contributed by atoms with E-state index in [0.717, 1.165) is 5.57 Å². The molecule has 0 saturated carbocycles. The Balaban J connectivity index is 1.77. The van der Waals surface area contributed by atoms with Gasteiger partial charge in [0.05, 0.1) is 31.0 Å². The summed E-state index contributed by atoms with van der Waals surface area (Å²) in [5.41, 5.74) is 0.339. The standard InChI is InChI=1S/C23H38O9/c1-12-9-23(28-7,32-14(3)13(12)2)20(26)15(25)8-16-18-19(30-11-29-16)21(27-6)22(4,5)17(10-24)31-18/h13-14,16-21,24,26H,1,8-11H2,2-7H3. The smallest absolute Gasteiger partial charge is 0.205 e. The predicted molar refractivity (Wildman–Crippen MR) is 114 cm³/mol. The van der Waals surface area contributed by atoms with Crippen molar-refractivity contribution in [2.75, 3.05) is 27.6 Å². The Morgan fingerprint density at radius 3 is 2.50 bits per heavy atom. The largest absolute Gasteiger partial charge is 0.394 e. The maximum absolute atomic E-state index is 13.2. The van der Waals surface area contributed by atoms with E-state index in [0.29, 0.717) is 0 Å². The van der Waals surface area contributed by atoms with E-state index in [2.05, 4.69) is 6.58 Å². The number of hydrogen-bond acceptors (Lipinski definition) is 9. The van der Waals surface area contributed by atoms with Crippen molar-refractivity contribution in [1.82, 2.24) is 0 Å². The zero-order chi connectivity index (χ0) is 23.8. The first-order valence-corrected chi connectivity index (χ1v) is 11.2. The highest BCUT2D eigenvalue weighted by Crippen LogP contribution is 2.43. The highest BCUT2D eigenvalue weighted by Gasteiger charge is 2.56. The summed E-state index contributed by atoms with van der Waals surface area (Å²) in [6.45, 7) is 11.6. The highest BCUT2D eigenvalue weighted by atomic mass is 16.7. The number of carbonyl (C=O) groups is 1. The van der Waals surface area contributed by atoms with Gasteiger partial charge >= 0.3 is 0 Å². The summed E-state index contributed by atoms with van der Waals surface area (Å²) in [5.74, 6) is -1.90. The number of ether oxygens (including phenoxy) is 6. The van der Waals surface area contributed by atoms with Crippen molar-refractivity contribution in [2.45, 2.75) is 89.1 Å². The quantitative estimate of drug-likeness (QED) is 0.543. The Morgan fingerprint density at radius 1 is 1.25 bits per heavy atom. The minimum absolute atomic E-state index is 0.0322. The first-order valence-electron chi connectivity index (χ1n) is 11.2. The average Bonchev–Trinajstić information content (AvgIpc) is 2.75. The fraction of sp³-hybridized carbons (Fsp3) is 0.870. The maximum atomic E-state index is 13.2. The molecule has 0 radical (unpaired) electrons. The second kappa shape index (κ2) is 9.76. The molecule has 2 N–H and O–H groups in total. The van der Waals surface area contributed by atoms with Gasteiger partial charge in [0.25, 0.3) is 0 Å². The van der Waals surface area contributed by atoms with E-state index in [4.69, 9.17) is 28.4 Å². The number of aliphatic hydroxyl groups is 2. The Morgan fingerprint density at radius 2 is 1.94 bits per heavy atom. The number of rotatable bonds is 7. The number of carbonyl (C=O) groups excluding carboxylic acids is 1. The molecule has 3 saturated heterocycles. The number of fused-ring (bicyclic) bond motifs is 1. The van der Waals surface area contributed by atoms with Crippen LogP contribution in [0.5, 0.6) is 0 Å². The third kappa shape index (κ3) is 4.42. The van der Waals surface area contributed by atoms with Crippen LogP contribution in [-0.4, -0.2) is 92.1 Å². The second-order valence-electron chi connectivity index (χ2n) is 9.74. The third-order valence-corrected chi connectivity index (χ3v) is 7.51. The van der Waals surface area contributed by atoms with Crippen LogP contribution in [0.3, 0.4) is 0 Å². The van der Waals surface area contributed by atoms with Crippen molar-refractivity contribution in [2.24, 2.45) is 11.3 Å². The molecule has 0 aromatic carbocycles. The van der Waals surface area contributed by atoms with Crippen LogP contribution in [-0.2, 0) is 33.2 Å². The van der Waals surface area contributed by atoms with Crippen LogP contribution >= 0.6 is 0 Å². The van der Waals surface area contributed by atoms with E-state index in [1.165, 1.54) is 7.11 Å². The topological polar surface area (TPSA) is 113 Å². The summed E-state index contributed by atoms with van der Waals surface area (Å²) in [6, 6.07) is 0. The van der Waals surface area contributed by atoms with E-state index in [1.807, 2.05) is 27.7 Å². The van der Waals surface area contributed by atoms with Crippen LogP contribution in [0, 0.1) is 11.3 Å². The molecular formula is C23H38O9. The molecule has 3 heterocycles. The molecule has 0 aromatic rings. The van der Waals surface area contributed by atoms with Gasteiger partial charge < -0.3 is 38.6 Å². The van der Waals surface area contributed by atoms with Gasteiger partial charge in [0.1, 0.15) is 19.0 Å². The summed E-state index contributed by atoms with van der Waals surface area (Å²) in [6.07, 6.45) is -4.43. The Hall–Kier alpha value is -0.910. The molecule has 3 rings (SSSR count). The lowest BCUT2D eigenvalue weighted by molar-refractivity contribution is -0.329. The molecule has 0 bridgehead atoms. The SMILES string of the molecule is C=C1CC(OC)(C(O)C(=O)CC2OCOC3C2OC(CO)C(C)(C)C3OC)OC(C)C1C. The summed E-state index contributed by atoms with van der Waals surface area (Å²) in [4.78, 5) is 13.2. The van der Waals surface area contributed by atoms with Gasteiger partial charge in [-0.1, -0.05) is 32.9 Å². The van der Waals surface area contributed by atoms with Gasteiger partial charge in [-0.05, 0) is 6.92 Å². The number of hydrogen-bond donors (Lipinski definition) is 2. The zero-order valence-corrected chi connectivity index (χ0v) is 19.9. The fourth-order valence-electron chi connectivity index (χ4n) is 5.11. The molecule has 184 valence electrons. The molecule has 32 heavy (non-hydrogen) atoms. The van der Waals surface area contributed by atoms with Crippen LogP contribution < -0.4 is 0 Å². The number of Topliss-reactive ketones (excluding diaryl/α,β-unsaturated/α-hetero) is 1. The molecule has 0 spiro atoms. The molecule has 9 unspecified atom stereocenters. The van der Waals surface area contributed by atoms with Gasteiger partial charge in [-0.25, -0.2) is 0 Å². The van der Waals surface area contributed by atoms with Crippen molar-refractivity contribution in [1.29, 1.82) is 0 Å². The molecule has 9 atom stereocenters. The van der Waals surface area contributed by atoms with Crippen molar-refractivity contribution in [3.8, 4) is 0 Å². The summed E-state index contributed by atoms with van der Waals surface area (Å²) in [5, 5.41) is 20.9. The molecule has 3 aliphatic rings. The van der Waals surface area contributed by atoms with Crippen molar-refractivity contribution >= 4 is 5.78 Å². The van der Waals surface area contributed by atoms with Gasteiger partial charge in [-0.15, -0.1) is 0 Å². The van der Waals surface area contributed by atoms with E-state index >= 15 is 0 Å². The lowest BCUT2D eigenvalue weighted by atomic mass is 9.73. The minimum atomic E-state index is -1.53. The van der Waals surface area contributed by atoms with Crippen LogP contribution in [0.2, 0.25) is 0 Å². The molecule has 0 amide bonds. The van der Waals surface area contributed by atoms with E-state index in [9.17, 15) is 15.0 Å². The van der Waals surface area contributed by atoms with Crippen molar-refractivity contribution in [3.63, 3.8) is 0 Å². The summed E-state index contributed by atoms with van der Waals surface area (Å²) >= 11 is 0. The van der Waals surface area contributed by atoms with Gasteiger partial charge in [-0.3, -0.25) is 4.79 Å². The first kappa shape index (κ1) is 25.7. The summed E-state index contributed by atoms with van der Waals surface area (Å²) in [7, 11) is 3.00. The molecule has 9 heteroatoms. The van der Waals surface area contributed by atoms with E-state index in [1.54, 1.807) is 7.11 Å². The molecular weight excluding hydrogens is 420 g/mol. The average molecular weight is 459 g/mol. The summed E-state index contributed by atoms with van der Waals surface area (Å²) < 4.78 is 34.9. The second-order valence-corrected chi connectivity index (χ2v) is 9.74. The Bertz CT molecular complexity index is 695. The highest BCUT2D eigenvalue weighted by molar-refractivity contribution is 5.84. The molecule has 3 fully saturated rings. The van der Waals surface area contributed by atoms with Crippen LogP contribution in [0.4, 0.5) is 0 Å². The van der Waals surface area contributed by atoms with Gasteiger partial charge in [0.15, 0.2) is 11.9 Å². The van der Waals surface area contributed by atoms with E-state index in [-0.39, 0.29) is 44.4 Å². The zero-order valence-electron chi connectivity index (χ0n) is 19.9. The maximum Gasteiger partial charge on any atom is 0.205 e. The fourth-order valence-corrected chi connectivity index (χ4v) is 5.11. The lowest BCUT2D eigenvalue weighted by Gasteiger charge is -2.53. The van der Waals surface area contributed by atoms with E-state index < -0.39 is 47.5 Å². The Labute approximate surface area is 189 Å². The monoisotopic (exact) mass is 458 g/mol. The first-order chi connectivity index (χ1) is 15.0. The lowest BCUT2D eigenvalue weighted by Crippen LogP contribution is -2.66. The van der Waals surface area contributed by atoms with Crippen LogP contribution in [0.1, 0.15) is 40.5 Å². The van der Waals surface area contributed by atoms with Gasteiger partial charge in [0.2, 0.25) is 5.79 Å². The van der Waals surface area contributed by atoms with Gasteiger partial charge in [0, 0.05) is 38.4 Å². The molecule has 0 aliphatic carbocycles. The predicted octanol–water partition coefficient (Wildman–Crippen LogP) is 1.19. The van der Waals surface area contributed by atoms with Crippen molar-refractivity contribution in [3.05, 3.63) is 12.2 Å². The molecule has 0 aromatic heterocycles. The van der Waals surface area contributed by atoms with Gasteiger partial charge in [-0.2, -0.15) is 0 Å². The van der Waals surface area contributed by atoms with Crippen LogP contribution in [0.25, 0.3) is 0 Å². The number of ketones is 1. The molecule has 9 nitrogen and oxygen atoms in total.